The second-order valence-corrected chi connectivity index (χ2v) is 4.80. The Bertz CT molecular complexity index is 730. The predicted molar refractivity (Wildman–Crippen MR) is 67.6 cm³/mol. The van der Waals surface area contributed by atoms with Crippen molar-refractivity contribution in [3.8, 4) is 0 Å². The summed E-state index contributed by atoms with van der Waals surface area (Å²) in [6.07, 6.45) is 1.16. The zero-order valence-corrected chi connectivity index (χ0v) is 11.0. The number of aryl methyl sites for hydroxylation is 1. The number of thiophene rings is 1. The summed E-state index contributed by atoms with van der Waals surface area (Å²) in [5.41, 5.74) is -0.0135. The zero-order valence-electron chi connectivity index (χ0n) is 10.2. The molecule has 2 rings (SSSR count). The van der Waals surface area contributed by atoms with Crippen molar-refractivity contribution in [2.45, 2.75) is 13.5 Å². The standard InChI is InChI=1S/C11H10N2O5S/c1-5-7-9(19-8(5)11(17)18-2)12-4-13(10(7)16)3-6(14)15/h4H,3H2,1-2H3,(H,14,15). The Morgan fingerprint density at radius 3 is 2.79 bits per heavy atom. The maximum Gasteiger partial charge on any atom is 0.348 e. The molecule has 1 N–H and O–H groups in total. The van der Waals surface area contributed by atoms with Crippen molar-refractivity contribution in [1.29, 1.82) is 0 Å². The first-order valence-corrected chi connectivity index (χ1v) is 6.06. The Hall–Kier alpha value is -2.22. The van der Waals surface area contributed by atoms with Crippen LogP contribution in [-0.4, -0.2) is 33.7 Å². The lowest BCUT2D eigenvalue weighted by Gasteiger charge is -2.01. The van der Waals surface area contributed by atoms with Crippen molar-refractivity contribution in [2.75, 3.05) is 7.11 Å². The molecule has 0 amide bonds. The lowest BCUT2D eigenvalue weighted by atomic mass is 10.2. The Morgan fingerprint density at radius 2 is 2.21 bits per heavy atom. The van der Waals surface area contributed by atoms with Gasteiger partial charge >= 0.3 is 11.9 Å². The number of fused-ring (bicyclic) bond motifs is 1. The van der Waals surface area contributed by atoms with E-state index >= 15 is 0 Å². The number of rotatable bonds is 3. The number of aromatic nitrogens is 2. The second-order valence-electron chi connectivity index (χ2n) is 3.80. The maximum atomic E-state index is 12.1. The third-order valence-electron chi connectivity index (χ3n) is 2.59. The van der Waals surface area contributed by atoms with Gasteiger partial charge in [0.2, 0.25) is 0 Å². The van der Waals surface area contributed by atoms with Crippen LogP contribution < -0.4 is 5.56 Å². The number of aliphatic carboxylic acids is 1. The van der Waals surface area contributed by atoms with Crippen molar-refractivity contribution in [2.24, 2.45) is 0 Å². The number of ether oxygens (including phenoxy) is 1. The summed E-state index contributed by atoms with van der Waals surface area (Å²) in [5.74, 6) is -1.67. The minimum Gasteiger partial charge on any atom is -0.480 e. The van der Waals surface area contributed by atoms with Crippen LogP contribution in [0.4, 0.5) is 0 Å². The number of carboxylic acids is 1. The molecular weight excluding hydrogens is 272 g/mol. The molecule has 0 aliphatic heterocycles. The quantitative estimate of drug-likeness (QED) is 0.829. The van der Waals surface area contributed by atoms with Gasteiger partial charge in [0.25, 0.3) is 5.56 Å². The van der Waals surface area contributed by atoms with E-state index in [1.807, 2.05) is 0 Å². The van der Waals surface area contributed by atoms with E-state index in [0.717, 1.165) is 22.2 Å². The first kappa shape index (κ1) is 13.2. The molecule has 0 saturated heterocycles. The van der Waals surface area contributed by atoms with Gasteiger partial charge in [0.15, 0.2) is 0 Å². The highest BCUT2D eigenvalue weighted by Gasteiger charge is 2.20. The molecule has 19 heavy (non-hydrogen) atoms. The Kier molecular flexibility index (Phi) is 3.34. The number of carbonyl (C=O) groups excluding carboxylic acids is 1. The lowest BCUT2D eigenvalue weighted by Crippen LogP contribution is -2.24. The summed E-state index contributed by atoms with van der Waals surface area (Å²) >= 11 is 1.05. The monoisotopic (exact) mass is 282 g/mol. The van der Waals surface area contributed by atoms with Gasteiger partial charge in [0.1, 0.15) is 16.3 Å². The summed E-state index contributed by atoms with van der Waals surface area (Å²) in [5, 5.41) is 8.96. The Morgan fingerprint density at radius 1 is 1.53 bits per heavy atom. The van der Waals surface area contributed by atoms with Crippen LogP contribution in [0.2, 0.25) is 0 Å². The second kappa shape index (κ2) is 4.81. The molecule has 0 radical (unpaired) electrons. The highest BCUT2D eigenvalue weighted by molar-refractivity contribution is 7.20. The third kappa shape index (κ3) is 2.22. The first-order valence-electron chi connectivity index (χ1n) is 5.24. The molecule has 0 spiro atoms. The van der Waals surface area contributed by atoms with E-state index < -0.39 is 24.0 Å². The lowest BCUT2D eigenvalue weighted by molar-refractivity contribution is -0.137. The molecule has 2 aromatic heterocycles. The van der Waals surface area contributed by atoms with Crippen LogP contribution in [0.1, 0.15) is 15.2 Å². The van der Waals surface area contributed by atoms with Crippen molar-refractivity contribution < 1.29 is 19.4 Å². The van der Waals surface area contributed by atoms with E-state index in [1.165, 1.54) is 7.11 Å². The van der Waals surface area contributed by atoms with Crippen molar-refractivity contribution in [3.63, 3.8) is 0 Å². The fourth-order valence-corrected chi connectivity index (χ4v) is 2.76. The van der Waals surface area contributed by atoms with Gasteiger partial charge in [-0.2, -0.15) is 0 Å². The normalized spacial score (nSPS) is 10.6. The molecule has 2 aromatic rings. The van der Waals surface area contributed by atoms with Crippen molar-refractivity contribution in [3.05, 3.63) is 27.1 Å². The molecule has 0 aliphatic carbocycles. The van der Waals surface area contributed by atoms with Gasteiger partial charge in [0.05, 0.1) is 18.8 Å². The van der Waals surface area contributed by atoms with Crippen LogP contribution in [-0.2, 0) is 16.1 Å². The minimum atomic E-state index is -1.13. The highest BCUT2D eigenvalue weighted by atomic mass is 32.1. The van der Waals surface area contributed by atoms with E-state index in [2.05, 4.69) is 9.72 Å². The first-order chi connectivity index (χ1) is 8.95. The minimum absolute atomic E-state index is 0.258. The van der Waals surface area contributed by atoms with Crippen molar-refractivity contribution in [1.82, 2.24) is 9.55 Å². The van der Waals surface area contributed by atoms with Crippen LogP contribution in [0.5, 0.6) is 0 Å². The van der Waals surface area contributed by atoms with E-state index in [-0.39, 0.29) is 5.39 Å². The summed E-state index contributed by atoms with van der Waals surface area (Å²) in [4.78, 5) is 39.0. The largest absolute Gasteiger partial charge is 0.480 e. The molecule has 0 unspecified atom stereocenters. The van der Waals surface area contributed by atoms with E-state index in [1.54, 1.807) is 6.92 Å². The maximum absolute atomic E-state index is 12.1. The number of esters is 1. The molecule has 0 fully saturated rings. The fourth-order valence-electron chi connectivity index (χ4n) is 1.70. The number of carboxylic acid groups (broad SMARTS) is 1. The van der Waals surface area contributed by atoms with Crippen LogP contribution in [0.3, 0.4) is 0 Å². The summed E-state index contributed by atoms with van der Waals surface area (Å²) in [6, 6.07) is 0. The van der Waals surface area contributed by atoms with Crippen LogP contribution >= 0.6 is 11.3 Å². The van der Waals surface area contributed by atoms with E-state index in [9.17, 15) is 14.4 Å². The Labute approximate surface area is 111 Å². The third-order valence-corrected chi connectivity index (χ3v) is 3.77. The van der Waals surface area contributed by atoms with Crippen LogP contribution in [0.25, 0.3) is 10.2 Å². The van der Waals surface area contributed by atoms with Gasteiger partial charge in [-0.1, -0.05) is 0 Å². The molecule has 0 saturated carbocycles. The van der Waals surface area contributed by atoms with E-state index in [4.69, 9.17) is 5.11 Å². The fraction of sp³-hybridized carbons (Fsp3) is 0.273. The average Bonchev–Trinajstić information content (AvgIpc) is 2.69. The molecule has 2 heterocycles. The van der Waals surface area contributed by atoms with Gasteiger partial charge in [-0.15, -0.1) is 11.3 Å². The number of methoxy groups -OCH3 is 1. The summed E-state index contributed by atoms with van der Waals surface area (Å²) in [6.45, 7) is 1.14. The van der Waals surface area contributed by atoms with Gasteiger partial charge < -0.3 is 9.84 Å². The SMILES string of the molecule is COC(=O)c1sc2ncn(CC(=O)O)c(=O)c2c1C. The molecule has 8 heteroatoms. The average molecular weight is 282 g/mol. The van der Waals surface area contributed by atoms with Crippen LogP contribution in [0.15, 0.2) is 11.1 Å². The molecule has 0 aliphatic rings. The molecule has 7 nitrogen and oxygen atoms in total. The molecule has 0 bridgehead atoms. The van der Waals surface area contributed by atoms with Gasteiger partial charge in [-0.05, 0) is 12.5 Å². The van der Waals surface area contributed by atoms with Crippen molar-refractivity contribution >= 4 is 33.5 Å². The van der Waals surface area contributed by atoms with Gasteiger partial charge in [-0.25, -0.2) is 9.78 Å². The summed E-state index contributed by atoms with van der Waals surface area (Å²) < 4.78 is 5.61. The number of nitrogens with zero attached hydrogens (tertiary/aromatic N) is 2. The topological polar surface area (TPSA) is 98.5 Å². The van der Waals surface area contributed by atoms with Crippen LogP contribution in [0, 0.1) is 6.92 Å². The number of hydrogen-bond acceptors (Lipinski definition) is 6. The number of carbonyl (C=O) groups is 2. The van der Waals surface area contributed by atoms with Gasteiger partial charge in [0, 0.05) is 0 Å². The smallest absolute Gasteiger partial charge is 0.348 e. The molecule has 0 aromatic carbocycles. The Balaban J connectivity index is 2.69. The molecular formula is C11H10N2O5S. The summed E-state index contributed by atoms with van der Waals surface area (Å²) in [7, 11) is 1.25. The highest BCUT2D eigenvalue weighted by Crippen LogP contribution is 2.27. The zero-order chi connectivity index (χ0) is 14.2. The molecule has 100 valence electrons. The number of hydrogen-bond donors (Lipinski definition) is 1. The van der Waals surface area contributed by atoms with Gasteiger partial charge in [-0.3, -0.25) is 14.2 Å². The van der Waals surface area contributed by atoms with E-state index in [0.29, 0.717) is 15.3 Å². The predicted octanol–water partition coefficient (Wildman–Crippen LogP) is 0.638. The molecule has 0 atom stereocenters.